The van der Waals surface area contributed by atoms with Crippen molar-refractivity contribution in [2.24, 2.45) is 5.14 Å². The van der Waals surface area contributed by atoms with Crippen LogP contribution in [0, 0.1) is 0 Å². The fourth-order valence-corrected chi connectivity index (χ4v) is 2.43. The minimum atomic E-state index is -3.34. The van der Waals surface area contributed by atoms with Crippen LogP contribution in [0.25, 0.3) is 0 Å². The highest BCUT2D eigenvalue weighted by Gasteiger charge is 2.07. The third kappa shape index (κ3) is 6.18. The van der Waals surface area contributed by atoms with E-state index in [1.165, 1.54) is 11.1 Å². The van der Waals surface area contributed by atoms with Gasteiger partial charge in [-0.2, -0.15) is 0 Å². The van der Waals surface area contributed by atoms with Gasteiger partial charge in [0.25, 0.3) is 0 Å². The van der Waals surface area contributed by atoms with E-state index in [4.69, 9.17) is 5.14 Å². The molecule has 3 N–H and O–H groups in total. The average molecular weight is 284 g/mol. The first kappa shape index (κ1) is 16.1. The van der Waals surface area contributed by atoms with Gasteiger partial charge in [-0.1, -0.05) is 38.1 Å². The standard InChI is InChI=1S/C14H24N2O2S/c1-11(2)13-5-7-14(8-6-13)12(3)16-9-4-10-19(15,17)18/h5-8,11-12,16H,4,9-10H2,1-3H3,(H2,15,17,18). The predicted octanol–water partition coefficient (Wildman–Crippen LogP) is 2.14. The Morgan fingerprint density at radius 3 is 2.11 bits per heavy atom. The van der Waals surface area contributed by atoms with Crippen LogP contribution in [0.2, 0.25) is 0 Å². The highest BCUT2D eigenvalue weighted by atomic mass is 32.2. The molecule has 0 aliphatic heterocycles. The number of nitrogens with two attached hydrogens (primary N) is 1. The van der Waals surface area contributed by atoms with Gasteiger partial charge in [0.15, 0.2) is 0 Å². The van der Waals surface area contributed by atoms with Gasteiger partial charge in [-0.05, 0) is 36.9 Å². The summed E-state index contributed by atoms with van der Waals surface area (Å²) >= 11 is 0. The van der Waals surface area contributed by atoms with Crippen molar-refractivity contribution in [2.45, 2.75) is 39.2 Å². The molecular weight excluding hydrogens is 260 g/mol. The highest BCUT2D eigenvalue weighted by Crippen LogP contribution is 2.18. The molecule has 0 bridgehead atoms. The Bertz CT molecular complexity index is 481. The first-order valence-electron chi connectivity index (χ1n) is 6.63. The summed E-state index contributed by atoms with van der Waals surface area (Å²) in [7, 11) is -3.34. The van der Waals surface area contributed by atoms with Crippen LogP contribution in [0.1, 0.15) is 50.3 Å². The SMILES string of the molecule is CC(C)c1ccc(C(C)NCCCS(N)(=O)=O)cc1. The Morgan fingerprint density at radius 1 is 1.11 bits per heavy atom. The van der Waals surface area contributed by atoms with Crippen molar-refractivity contribution in [1.82, 2.24) is 5.32 Å². The molecule has 0 aromatic heterocycles. The van der Waals surface area contributed by atoms with Gasteiger partial charge in [-0.15, -0.1) is 0 Å². The molecule has 0 fully saturated rings. The van der Waals surface area contributed by atoms with Gasteiger partial charge < -0.3 is 5.32 Å². The molecule has 0 saturated heterocycles. The zero-order valence-electron chi connectivity index (χ0n) is 11.9. The van der Waals surface area contributed by atoms with Crippen LogP contribution in [0.15, 0.2) is 24.3 Å². The lowest BCUT2D eigenvalue weighted by atomic mass is 9.99. The van der Waals surface area contributed by atoms with E-state index in [1.54, 1.807) is 0 Å². The Balaban J connectivity index is 2.43. The van der Waals surface area contributed by atoms with Crippen molar-refractivity contribution in [3.63, 3.8) is 0 Å². The second-order valence-electron chi connectivity index (χ2n) is 5.22. The first-order valence-corrected chi connectivity index (χ1v) is 8.35. The second-order valence-corrected chi connectivity index (χ2v) is 6.95. The molecule has 0 heterocycles. The second kappa shape index (κ2) is 7.03. The molecule has 0 amide bonds. The van der Waals surface area contributed by atoms with Gasteiger partial charge in [0.1, 0.15) is 0 Å². The predicted molar refractivity (Wildman–Crippen MR) is 79.5 cm³/mol. The van der Waals surface area contributed by atoms with Crippen molar-refractivity contribution >= 4 is 10.0 Å². The van der Waals surface area contributed by atoms with Gasteiger partial charge in [0, 0.05) is 6.04 Å². The van der Waals surface area contributed by atoms with Crippen molar-refractivity contribution in [1.29, 1.82) is 0 Å². The lowest BCUT2D eigenvalue weighted by molar-refractivity contribution is 0.560. The van der Waals surface area contributed by atoms with E-state index < -0.39 is 10.0 Å². The van der Waals surface area contributed by atoms with Gasteiger partial charge in [-0.3, -0.25) is 0 Å². The highest BCUT2D eigenvalue weighted by molar-refractivity contribution is 7.89. The average Bonchev–Trinajstić information content (AvgIpc) is 2.33. The van der Waals surface area contributed by atoms with E-state index in [1.807, 2.05) is 0 Å². The maximum atomic E-state index is 10.8. The number of hydrogen-bond acceptors (Lipinski definition) is 3. The molecule has 1 atom stereocenters. The van der Waals surface area contributed by atoms with Gasteiger partial charge in [0.2, 0.25) is 10.0 Å². The summed E-state index contributed by atoms with van der Waals surface area (Å²) in [6.07, 6.45) is 0.535. The first-order chi connectivity index (χ1) is 8.79. The monoisotopic (exact) mass is 284 g/mol. The van der Waals surface area contributed by atoms with E-state index in [9.17, 15) is 8.42 Å². The molecule has 1 rings (SSSR count). The number of primary sulfonamides is 1. The Kier molecular flexibility index (Phi) is 5.97. The molecule has 19 heavy (non-hydrogen) atoms. The third-order valence-electron chi connectivity index (χ3n) is 3.16. The maximum Gasteiger partial charge on any atom is 0.209 e. The summed E-state index contributed by atoms with van der Waals surface area (Å²) in [5.41, 5.74) is 2.53. The molecule has 1 aromatic rings. The number of hydrogen-bond donors (Lipinski definition) is 2. The summed E-state index contributed by atoms with van der Waals surface area (Å²) in [5.74, 6) is 0.561. The van der Waals surface area contributed by atoms with E-state index >= 15 is 0 Å². The molecule has 4 nitrogen and oxygen atoms in total. The molecule has 108 valence electrons. The van der Waals surface area contributed by atoms with Crippen molar-refractivity contribution < 1.29 is 8.42 Å². The summed E-state index contributed by atoms with van der Waals surface area (Å²) in [6.45, 7) is 7.05. The van der Waals surface area contributed by atoms with Gasteiger partial charge in [-0.25, -0.2) is 13.6 Å². The molecular formula is C14H24N2O2S. The molecule has 1 unspecified atom stereocenters. The van der Waals surface area contributed by atoms with Crippen LogP contribution in [0.3, 0.4) is 0 Å². The number of sulfonamides is 1. The molecule has 5 heteroatoms. The van der Waals surface area contributed by atoms with Crippen LogP contribution in [0.5, 0.6) is 0 Å². The molecule has 1 aromatic carbocycles. The minimum absolute atomic E-state index is 0.0268. The summed E-state index contributed by atoms with van der Waals surface area (Å²) in [6, 6.07) is 8.73. The normalized spacial score (nSPS) is 13.7. The minimum Gasteiger partial charge on any atom is -0.310 e. The molecule has 0 saturated carbocycles. The van der Waals surface area contributed by atoms with E-state index in [0.717, 1.165) is 0 Å². The van der Waals surface area contributed by atoms with Crippen molar-refractivity contribution in [2.75, 3.05) is 12.3 Å². The van der Waals surface area contributed by atoms with Crippen LogP contribution in [-0.4, -0.2) is 20.7 Å². The van der Waals surface area contributed by atoms with Gasteiger partial charge in [0.05, 0.1) is 5.75 Å². The van der Waals surface area contributed by atoms with Crippen LogP contribution in [0.4, 0.5) is 0 Å². The van der Waals surface area contributed by atoms with E-state index in [-0.39, 0.29) is 11.8 Å². The fourth-order valence-electron chi connectivity index (χ4n) is 1.88. The Hall–Kier alpha value is -0.910. The van der Waals surface area contributed by atoms with Gasteiger partial charge >= 0.3 is 0 Å². The largest absolute Gasteiger partial charge is 0.310 e. The number of rotatable bonds is 7. The van der Waals surface area contributed by atoms with Crippen LogP contribution < -0.4 is 10.5 Å². The molecule has 0 aliphatic rings. The molecule has 0 radical (unpaired) electrons. The smallest absolute Gasteiger partial charge is 0.209 e. The van der Waals surface area contributed by atoms with E-state index in [2.05, 4.69) is 50.4 Å². The lowest BCUT2D eigenvalue weighted by Gasteiger charge is -2.15. The van der Waals surface area contributed by atoms with Crippen molar-refractivity contribution in [3.05, 3.63) is 35.4 Å². The summed E-state index contributed by atoms with van der Waals surface area (Å²) in [4.78, 5) is 0. The quantitative estimate of drug-likeness (QED) is 0.753. The summed E-state index contributed by atoms with van der Waals surface area (Å²) in [5, 5.41) is 8.25. The summed E-state index contributed by atoms with van der Waals surface area (Å²) < 4.78 is 21.6. The lowest BCUT2D eigenvalue weighted by Crippen LogP contribution is -2.24. The Labute approximate surface area is 116 Å². The molecule has 0 aliphatic carbocycles. The maximum absolute atomic E-state index is 10.8. The zero-order valence-corrected chi connectivity index (χ0v) is 12.7. The number of benzene rings is 1. The molecule has 0 spiro atoms. The topological polar surface area (TPSA) is 72.2 Å². The van der Waals surface area contributed by atoms with Crippen LogP contribution in [-0.2, 0) is 10.0 Å². The van der Waals surface area contributed by atoms with Crippen molar-refractivity contribution in [3.8, 4) is 0 Å². The van der Waals surface area contributed by atoms with Crippen LogP contribution >= 0.6 is 0 Å². The number of nitrogens with one attached hydrogen (secondary N) is 1. The zero-order chi connectivity index (χ0) is 14.5. The third-order valence-corrected chi connectivity index (χ3v) is 4.02. The fraction of sp³-hybridized carbons (Fsp3) is 0.571. The Morgan fingerprint density at radius 2 is 1.63 bits per heavy atom. The van der Waals surface area contributed by atoms with E-state index in [0.29, 0.717) is 18.9 Å².